The van der Waals surface area contributed by atoms with Gasteiger partial charge in [0.25, 0.3) is 0 Å². The maximum absolute atomic E-state index is 12.7. The molecule has 0 aliphatic carbocycles. The summed E-state index contributed by atoms with van der Waals surface area (Å²) >= 11 is 0. The average Bonchev–Trinajstić information content (AvgIpc) is 2.51. The molecule has 2 aromatic rings. The maximum atomic E-state index is 12.7. The fourth-order valence-electron chi connectivity index (χ4n) is 1.59. The first-order valence-corrected chi connectivity index (χ1v) is 6.51. The van der Waals surface area contributed by atoms with Gasteiger partial charge in [0.05, 0.1) is 6.21 Å². The summed E-state index contributed by atoms with van der Waals surface area (Å²) in [6, 6.07) is 12.6. The van der Waals surface area contributed by atoms with Gasteiger partial charge in [-0.3, -0.25) is 9.59 Å². The molecule has 6 heteroatoms. The van der Waals surface area contributed by atoms with Crippen molar-refractivity contribution in [1.82, 2.24) is 5.43 Å². The summed E-state index contributed by atoms with van der Waals surface area (Å²) in [6.45, 7) is 1.96. The summed E-state index contributed by atoms with van der Waals surface area (Å²) in [5.74, 6) is -2.22. The Morgan fingerprint density at radius 2 is 1.64 bits per heavy atom. The zero-order valence-corrected chi connectivity index (χ0v) is 11.8. The smallest absolute Gasteiger partial charge is 0.318 e. The van der Waals surface area contributed by atoms with E-state index in [9.17, 15) is 14.0 Å². The lowest BCUT2D eigenvalue weighted by atomic mass is 10.2. The molecule has 2 N–H and O–H groups in total. The van der Waals surface area contributed by atoms with Crippen molar-refractivity contribution in [3.8, 4) is 0 Å². The molecule has 0 heterocycles. The van der Waals surface area contributed by atoms with Crippen LogP contribution in [0.1, 0.15) is 11.1 Å². The molecule has 22 heavy (non-hydrogen) atoms. The Hall–Kier alpha value is -3.02. The normalized spacial score (nSPS) is 10.5. The lowest BCUT2D eigenvalue weighted by Gasteiger charge is -2.03. The molecule has 0 atom stereocenters. The standard InChI is InChI=1S/C16H14FN3O2/c1-11-2-4-12(5-3-11)10-18-20-16(22)15(21)19-14-8-6-13(17)7-9-14/h2-10H,1H3,(H,19,21)(H,20,22). The summed E-state index contributed by atoms with van der Waals surface area (Å²) in [5, 5.41) is 6.04. The van der Waals surface area contributed by atoms with Crippen LogP contribution in [0.5, 0.6) is 0 Å². The minimum absolute atomic E-state index is 0.323. The number of anilines is 1. The molecule has 0 saturated carbocycles. The van der Waals surface area contributed by atoms with Crippen LogP contribution in [0, 0.1) is 12.7 Å². The number of halogens is 1. The molecule has 0 aliphatic heterocycles. The summed E-state index contributed by atoms with van der Waals surface area (Å²) in [6.07, 6.45) is 1.43. The minimum atomic E-state index is -0.910. The van der Waals surface area contributed by atoms with Crippen molar-refractivity contribution < 1.29 is 14.0 Å². The molecule has 0 unspecified atom stereocenters. The van der Waals surface area contributed by atoms with E-state index in [4.69, 9.17) is 0 Å². The van der Waals surface area contributed by atoms with E-state index in [1.807, 2.05) is 31.2 Å². The van der Waals surface area contributed by atoms with Gasteiger partial charge in [0.15, 0.2) is 0 Å². The molecule has 0 radical (unpaired) electrons. The van der Waals surface area contributed by atoms with E-state index < -0.39 is 17.6 Å². The second-order valence-electron chi connectivity index (χ2n) is 4.57. The van der Waals surface area contributed by atoms with E-state index in [1.165, 1.54) is 30.5 Å². The largest absolute Gasteiger partial charge is 0.329 e. The number of nitrogens with zero attached hydrogens (tertiary/aromatic N) is 1. The predicted octanol–water partition coefficient (Wildman–Crippen LogP) is 2.22. The number of benzene rings is 2. The van der Waals surface area contributed by atoms with E-state index in [0.717, 1.165) is 11.1 Å². The summed E-state index contributed by atoms with van der Waals surface area (Å²) < 4.78 is 12.7. The molecule has 0 spiro atoms. The molecule has 0 aliphatic rings. The van der Waals surface area contributed by atoms with Crippen LogP contribution in [-0.4, -0.2) is 18.0 Å². The first-order chi connectivity index (χ1) is 10.5. The van der Waals surface area contributed by atoms with E-state index >= 15 is 0 Å². The predicted molar refractivity (Wildman–Crippen MR) is 81.9 cm³/mol. The van der Waals surface area contributed by atoms with Crippen LogP contribution in [0.4, 0.5) is 10.1 Å². The van der Waals surface area contributed by atoms with Gasteiger partial charge < -0.3 is 5.32 Å². The average molecular weight is 299 g/mol. The second kappa shape index (κ2) is 7.12. The lowest BCUT2D eigenvalue weighted by molar-refractivity contribution is -0.136. The monoisotopic (exact) mass is 299 g/mol. The number of hydrogen-bond acceptors (Lipinski definition) is 3. The van der Waals surface area contributed by atoms with Crippen molar-refractivity contribution in [1.29, 1.82) is 0 Å². The Balaban J connectivity index is 1.87. The minimum Gasteiger partial charge on any atom is -0.318 e. The number of nitrogens with one attached hydrogen (secondary N) is 2. The van der Waals surface area contributed by atoms with Gasteiger partial charge in [0, 0.05) is 5.69 Å². The Kier molecular flexibility index (Phi) is 4.98. The van der Waals surface area contributed by atoms with Crippen molar-refractivity contribution >= 4 is 23.7 Å². The van der Waals surface area contributed by atoms with Crippen LogP contribution in [0.3, 0.4) is 0 Å². The Morgan fingerprint density at radius 1 is 1.00 bits per heavy atom. The summed E-state index contributed by atoms with van der Waals surface area (Å²) in [7, 11) is 0. The summed E-state index contributed by atoms with van der Waals surface area (Å²) in [5.41, 5.74) is 4.35. The fourth-order valence-corrected chi connectivity index (χ4v) is 1.59. The highest BCUT2D eigenvalue weighted by Crippen LogP contribution is 2.07. The first-order valence-electron chi connectivity index (χ1n) is 6.51. The number of carbonyl (C=O) groups excluding carboxylic acids is 2. The van der Waals surface area contributed by atoms with Crippen LogP contribution in [0.25, 0.3) is 0 Å². The van der Waals surface area contributed by atoms with E-state index in [2.05, 4.69) is 15.8 Å². The van der Waals surface area contributed by atoms with Gasteiger partial charge in [-0.25, -0.2) is 9.82 Å². The lowest BCUT2D eigenvalue weighted by Crippen LogP contribution is -2.32. The third-order valence-corrected chi connectivity index (χ3v) is 2.77. The second-order valence-corrected chi connectivity index (χ2v) is 4.57. The zero-order valence-electron chi connectivity index (χ0n) is 11.8. The van der Waals surface area contributed by atoms with Gasteiger partial charge in [-0.05, 0) is 36.8 Å². The van der Waals surface area contributed by atoms with Crippen molar-refractivity contribution in [3.63, 3.8) is 0 Å². The molecule has 2 rings (SSSR count). The Labute approximate surface area is 126 Å². The van der Waals surface area contributed by atoms with Gasteiger partial charge in [0.1, 0.15) is 5.82 Å². The number of hydrazone groups is 1. The molecule has 112 valence electrons. The molecule has 2 aromatic carbocycles. The van der Waals surface area contributed by atoms with Crippen LogP contribution in [0.2, 0.25) is 0 Å². The van der Waals surface area contributed by atoms with Crippen LogP contribution in [-0.2, 0) is 9.59 Å². The van der Waals surface area contributed by atoms with E-state index in [1.54, 1.807) is 0 Å². The van der Waals surface area contributed by atoms with Crippen LogP contribution < -0.4 is 10.7 Å². The SMILES string of the molecule is Cc1ccc(C=NNC(=O)C(=O)Nc2ccc(F)cc2)cc1. The quantitative estimate of drug-likeness (QED) is 0.518. The molecule has 0 bridgehead atoms. The Bertz CT molecular complexity index is 694. The number of aryl methyl sites for hydroxylation is 1. The highest BCUT2D eigenvalue weighted by molar-refractivity contribution is 6.39. The van der Waals surface area contributed by atoms with Crippen molar-refractivity contribution in [2.24, 2.45) is 5.10 Å². The highest BCUT2D eigenvalue weighted by atomic mass is 19.1. The highest BCUT2D eigenvalue weighted by Gasteiger charge is 2.12. The van der Waals surface area contributed by atoms with E-state index in [0.29, 0.717) is 5.69 Å². The first kappa shape index (κ1) is 15.4. The van der Waals surface area contributed by atoms with Gasteiger partial charge >= 0.3 is 11.8 Å². The fraction of sp³-hybridized carbons (Fsp3) is 0.0625. The Morgan fingerprint density at radius 3 is 2.27 bits per heavy atom. The number of rotatable bonds is 3. The molecular formula is C16H14FN3O2. The van der Waals surface area contributed by atoms with E-state index in [-0.39, 0.29) is 0 Å². The van der Waals surface area contributed by atoms with Gasteiger partial charge in [-0.15, -0.1) is 0 Å². The maximum Gasteiger partial charge on any atom is 0.329 e. The van der Waals surface area contributed by atoms with Crippen molar-refractivity contribution in [2.75, 3.05) is 5.32 Å². The number of hydrogen-bond donors (Lipinski definition) is 2. The molecule has 5 nitrogen and oxygen atoms in total. The van der Waals surface area contributed by atoms with Gasteiger partial charge in [-0.1, -0.05) is 29.8 Å². The summed E-state index contributed by atoms with van der Waals surface area (Å²) in [4.78, 5) is 23.1. The van der Waals surface area contributed by atoms with Gasteiger partial charge in [-0.2, -0.15) is 5.10 Å². The zero-order chi connectivity index (χ0) is 15.9. The van der Waals surface area contributed by atoms with Crippen molar-refractivity contribution in [2.45, 2.75) is 6.92 Å². The molecule has 2 amide bonds. The molecule has 0 saturated heterocycles. The van der Waals surface area contributed by atoms with Gasteiger partial charge in [0.2, 0.25) is 0 Å². The third-order valence-electron chi connectivity index (χ3n) is 2.77. The van der Waals surface area contributed by atoms with Crippen LogP contribution >= 0.6 is 0 Å². The molecule has 0 aromatic heterocycles. The van der Waals surface area contributed by atoms with Crippen molar-refractivity contribution in [3.05, 3.63) is 65.5 Å². The third kappa shape index (κ3) is 4.52. The molecular weight excluding hydrogens is 285 g/mol. The number of carbonyl (C=O) groups is 2. The topological polar surface area (TPSA) is 70.6 Å². The van der Waals surface area contributed by atoms with Crippen LogP contribution in [0.15, 0.2) is 53.6 Å². The number of amides is 2. The molecule has 0 fully saturated rings.